The predicted molar refractivity (Wildman–Crippen MR) is 94.8 cm³/mol. The Morgan fingerprint density at radius 1 is 0.652 bits per heavy atom. The highest BCUT2D eigenvalue weighted by atomic mass is 14.9. The first-order chi connectivity index (χ1) is 11.4. The highest BCUT2D eigenvalue weighted by molar-refractivity contribution is 6.04. The maximum atomic E-state index is 4.74. The Bertz CT molecular complexity index is 839. The summed E-state index contributed by atoms with van der Waals surface area (Å²) in [6, 6.07) is 12.3. The largest absolute Gasteiger partial charge is 0.313 e. The van der Waals surface area contributed by atoms with E-state index in [9.17, 15) is 0 Å². The minimum atomic E-state index is 0.736. The molecular weight excluding hydrogens is 286 g/mol. The van der Waals surface area contributed by atoms with E-state index in [2.05, 4.69) is 39.6 Å². The number of nitrogens with one attached hydrogen (secondary N) is 1. The van der Waals surface area contributed by atoms with Gasteiger partial charge in [-0.15, -0.1) is 0 Å². The van der Waals surface area contributed by atoms with Crippen LogP contribution in [0.15, 0.2) is 46.4 Å². The Morgan fingerprint density at radius 3 is 1.65 bits per heavy atom. The lowest BCUT2D eigenvalue weighted by atomic mass is 10.1. The van der Waals surface area contributed by atoms with Crippen molar-refractivity contribution in [2.24, 2.45) is 9.98 Å². The van der Waals surface area contributed by atoms with Gasteiger partial charge in [0.2, 0.25) is 0 Å². The van der Waals surface area contributed by atoms with Gasteiger partial charge < -0.3 is 5.32 Å². The van der Waals surface area contributed by atoms with Crippen LogP contribution >= 0.6 is 0 Å². The lowest BCUT2D eigenvalue weighted by Gasteiger charge is -2.04. The van der Waals surface area contributed by atoms with Gasteiger partial charge in [-0.2, -0.15) is 0 Å². The van der Waals surface area contributed by atoms with Crippen LogP contribution in [0.1, 0.15) is 11.4 Å². The zero-order valence-corrected chi connectivity index (χ0v) is 12.7. The smallest absolute Gasteiger partial charge is 0.0972 e. The fraction of sp³-hybridized carbons (Fsp3) is 0.222. The van der Waals surface area contributed by atoms with Crippen molar-refractivity contribution in [3.8, 4) is 0 Å². The van der Waals surface area contributed by atoms with E-state index in [1.807, 2.05) is 24.6 Å². The third-order valence-electron chi connectivity index (χ3n) is 3.85. The van der Waals surface area contributed by atoms with Crippen LogP contribution in [0.3, 0.4) is 0 Å². The molecule has 1 aliphatic heterocycles. The summed E-state index contributed by atoms with van der Waals surface area (Å²) in [4.78, 5) is 18.3. The lowest BCUT2D eigenvalue weighted by molar-refractivity contribution is 0.699. The van der Waals surface area contributed by atoms with Gasteiger partial charge in [0, 0.05) is 36.3 Å². The molecule has 0 fully saturated rings. The molecule has 0 unspecified atom stereocenters. The third kappa shape index (κ3) is 2.96. The van der Waals surface area contributed by atoms with Crippen molar-refractivity contribution in [1.82, 2.24) is 15.3 Å². The molecule has 1 aromatic carbocycles. The number of nitrogens with zero attached hydrogens (tertiary/aromatic N) is 4. The minimum Gasteiger partial charge on any atom is -0.313 e. The van der Waals surface area contributed by atoms with Gasteiger partial charge in [0.15, 0.2) is 0 Å². The zero-order chi connectivity index (χ0) is 15.5. The van der Waals surface area contributed by atoms with Gasteiger partial charge >= 0.3 is 0 Å². The van der Waals surface area contributed by atoms with Crippen LogP contribution in [-0.2, 0) is 0 Å². The predicted octanol–water partition coefficient (Wildman–Crippen LogP) is 2.22. The van der Waals surface area contributed by atoms with E-state index in [1.165, 1.54) is 0 Å². The first-order valence-electron chi connectivity index (χ1n) is 7.81. The molecule has 0 saturated carbocycles. The molecular formula is C18H17N5. The highest BCUT2D eigenvalue weighted by Crippen LogP contribution is 2.22. The number of hydrogen-bond acceptors (Lipinski definition) is 5. The topological polar surface area (TPSA) is 62.5 Å². The molecule has 1 N–H and O–H groups in total. The summed E-state index contributed by atoms with van der Waals surface area (Å²) in [5, 5.41) is 5.49. The molecule has 5 heteroatoms. The van der Waals surface area contributed by atoms with E-state index in [0.29, 0.717) is 0 Å². The Balaban J connectivity index is 1.93. The summed E-state index contributed by atoms with van der Waals surface area (Å²) in [5.41, 5.74) is 3.55. The molecule has 0 radical (unpaired) electrons. The van der Waals surface area contributed by atoms with Crippen molar-refractivity contribution in [3.63, 3.8) is 0 Å². The number of rotatable bonds is 0. The van der Waals surface area contributed by atoms with Crippen LogP contribution in [0.5, 0.6) is 0 Å². The second-order valence-electron chi connectivity index (χ2n) is 5.50. The molecule has 0 atom stereocenters. The van der Waals surface area contributed by atoms with Gasteiger partial charge in [0.05, 0.1) is 35.5 Å². The number of aliphatic imine (C=N–C) groups is 2. The monoisotopic (exact) mass is 303 g/mol. The summed E-state index contributed by atoms with van der Waals surface area (Å²) in [6.45, 7) is 3.16. The van der Waals surface area contributed by atoms with Gasteiger partial charge in [-0.1, -0.05) is 24.3 Å². The first-order valence-corrected chi connectivity index (χ1v) is 7.81. The Kier molecular flexibility index (Phi) is 3.78. The average Bonchev–Trinajstić information content (AvgIpc) is 2.60. The fourth-order valence-electron chi connectivity index (χ4n) is 2.67. The maximum Gasteiger partial charge on any atom is 0.0972 e. The second kappa shape index (κ2) is 6.22. The van der Waals surface area contributed by atoms with Crippen molar-refractivity contribution in [3.05, 3.63) is 47.8 Å². The number of benzene rings is 1. The summed E-state index contributed by atoms with van der Waals surface area (Å²) in [6.07, 6.45) is 3.67. The van der Waals surface area contributed by atoms with Gasteiger partial charge in [0.25, 0.3) is 0 Å². The summed E-state index contributed by atoms with van der Waals surface area (Å²) in [5.74, 6) is 0. The molecule has 4 rings (SSSR count). The van der Waals surface area contributed by atoms with E-state index in [1.54, 1.807) is 0 Å². The molecule has 4 bridgehead atoms. The van der Waals surface area contributed by atoms with E-state index >= 15 is 0 Å². The Labute approximate surface area is 134 Å². The van der Waals surface area contributed by atoms with Crippen LogP contribution in [0, 0.1) is 0 Å². The number of aromatic nitrogens is 2. The van der Waals surface area contributed by atoms with Crippen LogP contribution < -0.4 is 5.32 Å². The molecule has 5 nitrogen and oxygen atoms in total. The SMILES string of the molecule is C1=NCCNCCN=Cc2ccc3ccc4ccc1nc4c3n2. The molecule has 3 aromatic rings. The highest BCUT2D eigenvalue weighted by Gasteiger charge is 2.05. The summed E-state index contributed by atoms with van der Waals surface area (Å²) < 4.78 is 0. The molecule has 0 amide bonds. The first kappa shape index (κ1) is 14.0. The molecule has 1 aliphatic rings. The summed E-state index contributed by atoms with van der Waals surface area (Å²) in [7, 11) is 0. The van der Waals surface area contributed by atoms with Gasteiger partial charge in [-0.3, -0.25) is 9.98 Å². The van der Waals surface area contributed by atoms with E-state index < -0.39 is 0 Å². The van der Waals surface area contributed by atoms with Gasteiger partial charge in [0.1, 0.15) is 0 Å². The van der Waals surface area contributed by atoms with E-state index in [-0.39, 0.29) is 0 Å². The quantitative estimate of drug-likeness (QED) is 0.648. The Hall–Kier alpha value is -2.66. The zero-order valence-electron chi connectivity index (χ0n) is 12.7. The van der Waals surface area contributed by atoms with Crippen LogP contribution in [0.25, 0.3) is 21.8 Å². The standard InChI is InChI=1S/C18H17N5/c1-2-14-4-6-16-12-21-10-8-19-7-9-20-11-15-5-3-13(1)17(22-15)18(14)23-16/h1-6,11-12,19H,7-10H2. The normalized spacial score (nSPS) is 15.5. The third-order valence-corrected chi connectivity index (χ3v) is 3.85. The van der Waals surface area contributed by atoms with Crippen molar-refractivity contribution in [2.75, 3.05) is 26.2 Å². The fourth-order valence-corrected chi connectivity index (χ4v) is 2.67. The van der Waals surface area contributed by atoms with E-state index in [4.69, 9.17) is 9.97 Å². The minimum absolute atomic E-state index is 0.736. The van der Waals surface area contributed by atoms with Crippen LogP contribution in [0.4, 0.5) is 0 Å². The number of pyridine rings is 2. The van der Waals surface area contributed by atoms with Gasteiger partial charge in [-0.05, 0) is 12.1 Å². The Morgan fingerprint density at radius 2 is 1.13 bits per heavy atom. The average molecular weight is 303 g/mol. The maximum absolute atomic E-state index is 4.74. The van der Waals surface area contributed by atoms with Crippen molar-refractivity contribution in [2.45, 2.75) is 0 Å². The van der Waals surface area contributed by atoms with E-state index in [0.717, 1.165) is 59.4 Å². The molecule has 3 heterocycles. The lowest BCUT2D eigenvalue weighted by Crippen LogP contribution is -2.20. The molecule has 2 aromatic heterocycles. The molecule has 0 spiro atoms. The molecule has 23 heavy (non-hydrogen) atoms. The van der Waals surface area contributed by atoms with Crippen molar-refractivity contribution in [1.29, 1.82) is 0 Å². The number of fused-ring (bicyclic) bond motifs is 2. The second-order valence-corrected chi connectivity index (χ2v) is 5.50. The molecule has 114 valence electrons. The molecule has 0 aliphatic carbocycles. The number of hydrogen-bond donors (Lipinski definition) is 1. The van der Waals surface area contributed by atoms with Crippen molar-refractivity contribution >= 4 is 34.2 Å². The molecule has 0 saturated heterocycles. The van der Waals surface area contributed by atoms with Crippen LogP contribution in [0.2, 0.25) is 0 Å². The summed E-state index contributed by atoms with van der Waals surface area (Å²) >= 11 is 0. The van der Waals surface area contributed by atoms with Crippen molar-refractivity contribution < 1.29 is 0 Å². The van der Waals surface area contributed by atoms with Gasteiger partial charge in [-0.25, -0.2) is 9.97 Å². The van der Waals surface area contributed by atoms with Crippen LogP contribution in [-0.4, -0.2) is 48.6 Å².